The van der Waals surface area contributed by atoms with E-state index in [1.165, 1.54) is 11.8 Å². The van der Waals surface area contributed by atoms with Crippen LogP contribution in [0.4, 0.5) is 0 Å². The number of benzene rings is 2. The number of nitrogens with zero attached hydrogens (tertiary/aromatic N) is 2. The van der Waals surface area contributed by atoms with E-state index < -0.39 is 0 Å². The summed E-state index contributed by atoms with van der Waals surface area (Å²) in [7, 11) is 0. The summed E-state index contributed by atoms with van der Waals surface area (Å²) in [5.74, 6) is 0.415. The van der Waals surface area contributed by atoms with E-state index in [4.69, 9.17) is 9.40 Å². The van der Waals surface area contributed by atoms with Crippen molar-refractivity contribution in [3.8, 4) is 0 Å². The highest BCUT2D eigenvalue weighted by atomic mass is 32.2. The molecule has 0 N–H and O–H groups in total. The fourth-order valence-electron chi connectivity index (χ4n) is 4.03. The predicted octanol–water partition coefficient (Wildman–Crippen LogP) is 5.23. The van der Waals surface area contributed by atoms with Crippen LogP contribution in [0, 0.1) is 0 Å². The first-order chi connectivity index (χ1) is 14.2. The Balaban J connectivity index is 1.48. The van der Waals surface area contributed by atoms with Gasteiger partial charge >= 0.3 is 0 Å². The molecular formula is C23H20N2O3S. The van der Waals surface area contributed by atoms with Crippen molar-refractivity contribution < 1.29 is 9.21 Å². The van der Waals surface area contributed by atoms with Crippen molar-refractivity contribution in [2.45, 2.75) is 36.9 Å². The molecule has 0 spiro atoms. The molecular weight excluding hydrogens is 384 g/mol. The second kappa shape index (κ2) is 7.52. The van der Waals surface area contributed by atoms with Crippen molar-refractivity contribution in [2.75, 3.05) is 5.75 Å². The molecule has 0 unspecified atom stereocenters. The number of Topliss-reactive ketones (excluding diaryl/α,β-unsaturated/α-hetero) is 1. The van der Waals surface area contributed by atoms with Gasteiger partial charge in [0.2, 0.25) is 5.78 Å². The van der Waals surface area contributed by atoms with Gasteiger partial charge in [0.05, 0.1) is 16.7 Å². The van der Waals surface area contributed by atoms with Crippen LogP contribution in [0.1, 0.15) is 42.3 Å². The van der Waals surface area contributed by atoms with Crippen LogP contribution in [0.5, 0.6) is 0 Å². The van der Waals surface area contributed by atoms with Gasteiger partial charge in [0, 0.05) is 11.4 Å². The zero-order valence-corrected chi connectivity index (χ0v) is 16.7. The van der Waals surface area contributed by atoms with Crippen LogP contribution in [0.2, 0.25) is 0 Å². The monoisotopic (exact) mass is 404 g/mol. The Morgan fingerprint density at radius 1 is 1.10 bits per heavy atom. The van der Waals surface area contributed by atoms with E-state index in [-0.39, 0.29) is 23.1 Å². The number of hydrogen-bond donors (Lipinski definition) is 0. The van der Waals surface area contributed by atoms with Gasteiger partial charge in [-0.05, 0) is 37.1 Å². The van der Waals surface area contributed by atoms with Crippen LogP contribution >= 0.6 is 11.8 Å². The summed E-state index contributed by atoms with van der Waals surface area (Å²) in [4.78, 5) is 30.6. The van der Waals surface area contributed by atoms with E-state index in [1.807, 2.05) is 53.1 Å². The SMILES string of the molecule is O=C(CSc1nc2ccccc2c(=O)n1C1CCCC1)c1cc2ccccc2o1. The quantitative estimate of drug-likeness (QED) is 0.259. The number of thioether (sulfide) groups is 1. The molecule has 1 saturated carbocycles. The van der Waals surface area contributed by atoms with E-state index >= 15 is 0 Å². The summed E-state index contributed by atoms with van der Waals surface area (Å²) in [6.45, 7) is 0. The Labute approximate surface area is 171 Å². The lowest BCUT2D eigenvalue weighted by atomic mass is 10.2. The van der Waals surface area contributed by atoms with Crippen molar-refractivity contribution in [1.29, 1.82) is 0 Å². The number of fused-ring (bicyclic) bond motifs is 2. The molecule has 2 aromatic carbocycles. The maximum atomic E-state index is 13.2. The van der Waals surface area contributed by atoms with Gasteiger partial charge in [-0.2, -0.15) is 0 Å². The highest BCUT2D eigenvalue weighted by Gasteiger charge is 2.24. The van der Waals surface area contributed by atoms with Gasteiger partial charge in [0.25, 0.3) is 5.56 Å². The largest absolute Gasteiger partial charge is 0.453 e. The number of para-hydroxylation sites is 2. The first-order valence-electron chi connectivity index (χ1n) is 9.86. The summed E-state index contributed by atoms with van der Waals surface area (Å²) in [5, 5.41) is 2.16. The van der Waals surface area contributed by atoms with Crippen molar-refractivity contribution in [1.82, 2.24) is 9.55 Å². The minimum atomic E-state index is -0.105. The molecule has 4 aromatic rings. The highest BCUT2D eigenvalue weighted by molar-refractivity contribution is 7.99. The van der Waals surface area contributed by atoms with E-state index in [0.29, 0.717) is 27.4 Å². The Hall–Kier alpha value is -2.86. The van der Waals surface area contributed by atoms with Crippen LogP contribution in [0.15, 0.2) is 69.0 Å². The van der Waals surface area contributed by atoms with E-state index in [0.717, 1.165) is 31.1 Å². The van der Waals surface area contributed by atoms with Gasteiger partial charge in [-0.1, -0.05) is 54.9 Å². The third kappa shape index (κ3) is 3.38. The van der Waals surface area contributed by atoms with Gasteiger partial charge in [0.15, 0.2) is 10.9 Å². The molecule has 0 bridgehead atoms. The summed E-state index contributed by atoms with van der Waals surface area (Å²) in [6.07, 6.45) is 4.19. The average molecular weight is 404 g/mol. The molecule has 0 radical (unpaired) electrons. The van der Waals surface area contributed by atoms with Gasteiger partial charge in [0.1, 0.15) is 5.58 Å². The smallest absolute Gasteiger partial charge is 0.262 e. The summed E-state index contributed by atoms with van der Waals surface area (Å²) in [6, 6.07) is 16.9. The molecule has 146 valence electrons. The molecule has 1 aliphatic rings. The number of furan rings is 1. The number of carbonyl (C=O) groups excluding carboxylic acids is 1. The molecule has 2 aromatic heterocycles. The normalized spacial score (nSPS) is 14.8. The standard InChI is InChI=1S/C23H20N2O3S/c26-19(21-13-15-7-1-6-12-20(15)28-21)14-29-23-24-18-11-5-4-10-17(18)22(27)25(23)16-8-2-3-9-16/h1,4-7,10-13,16H,2-3,8-9,14H2. The summed E-state index contributed by atoms with van der Waals surface area (Å²) < 4.78 is 7.50. The Bertz CT molecular complexity index is 1240. The molecule has 5 rings (SSSR count). The molecule has 29 heavy (non-hydrogen) atoms. The predicted molar refractivity (Wildman–Crippen MR) is 115 cm³/mol. The lowest BCUT2D eigenvalue weighted by Crippen LogP contribution is -2.26. The zero-order valence-electron chi connectivity index (χ0n) is 15.8. The second-order valence-corrected chi connectivity index (χ2v) is 8.33. The van der Waals surface area contributed by atoms with E-state index in [1.54, 1.807) is 6.07 Å². The third-order valence-corrected chi connectivity index (χ3v) is 6.45. The fourth-order valence-corrected chi connectivity index (χ4v) is 4.97. The molecule has 0 amide bonds. The first-order valence-corrected chi connectivity index (χ1v) is 10.8. The molecule has 0 aliphatic heterocycles. The van der Waals surface area contributed by atoms with Crippen LogP contribution in [0.3, 0.4) is 0 Å². The molecule has 1 aliphatic carbocycles. The average Bonchev–Trinajstić information content (AvgIpc) is 3.42. The van der Waals surface area contributed by atoms with Crippen LogP contribution in [-0.2, 0) is 0 Å². The zero-order chi connectivity index (χ0) is 19.8. The molecule has 2 heterocycles. The Morgan fingerprint density at radius 3 is 2.69 bits per heavy atom. The van der Waals surface area contributed by atoms with Crippen LogP contribution < -0.4 is 5.56 Å². The maximum Gasteiger partial charge on any atom is 0.262 e. The lowest BCUT2D eigenvalue weighted by Gasteiger charge is -2.18. The van der Waals surface area contributed by atoms with Gasteiger partial charge in [-0.15, -0.1) is 0 Å². The molecule has 5 nitrogen and oxygen atoms in total. The molecule has 0 saturated heterocycles. The highest BCUT2D eigenvalue weighted by Crippen LogP contribution is 2.32. The first kappa shape index (κ1) is 18.2. The van der Waals surface area contributed by atoms with Gasteiger partial charge in [-0.25, -0.2) is 4.98 Å². The minimum absolute atomic E-state index is 0.0128. The molecule has 6 heteroatoms. The molecule has 0 atom stereocenters. The van der Waals surface area contributed by atoms with Crippen molar-refractivity contribution >= 4 is 39.4 Å². The number of ketones is 1. The van der Waals surface area contributed by atoms with Gasteiger partial charge < -0.3 is 4.42 Å². The third-order valence-electron chi connectivity index (χ3n) is 5.50. The van der Waals surface area contributed by atoms with Crippen molar-refractivity contribution in [3.05, 3.63) is 70.7 Å². The van der Waals surface area contributed by atoms with Crippen molar-refractivity contribution in [3.63, 3.8) is 0 Å². The number of rotatable bonds is 5. The maximum absolute atomic E-state index is 13.2. The molecule has 1 fully saturated rings. The fraction of sp³-hybridized carbons (Fsp3) is 0.261. The Kier molecular flexibility index (Phi) is 4.72. The summed E-state index contributed by atoms with van der Waals surface area (Å²) in [5.41, 5.74) is 1.36. The van der Waals surface area contributed by atoms with E-state index in [2.05, 4.69) is 0 Å². The van der Waals surface area contributed by atoms with Crippen LogP contribution in [-0.4, -0.2) is 21.1 Å². The topological polar surface area (TPSA) is 65.1 Å². The number of carbonyl (C=O) groups is 1. The van der Waals surface area contributed by atoms with Crippen molar-refractivity contribution in [2.24, 2.45) is 0 Å². The number of aromatic nitrogens is 2. The van der Waals surface area contributed by atoms with Crippen LogP contribution in [0.25, 0.3) is 21.9 Å². The number of hydrogen-bond acceptors (Lipinski definition) is 5. The minimum Gasteiger partial charge on any atom is -0.453 e. The Morgan fingerprint density at radius 2 is 1.86 bits per heavy atom. The summed E-state index contributed by atoms with van der Waals surface area (Å²) >= 11 is 1.32. The lowest BCUT2D eigenvalue weighted by molar-refractivity contribution is 0.0994. The second-order valence-electron chi connectivity index (χ2n) is 7.39. The van der Waals surface area contributed by atoms with E-state index in [9.17, 15) is 9.59 Å². The van der Waals surface area contributed by atoms with Gasteiger partial charge in [-0.3, -0.25) is 14.2 Å².